The van der Waals surface area contributed by atoms with Gasteiger partial charge in [0.2, 0.25) is 0 Å². The van der Waals surface area contributed by atoms with Crippen molar-refractivity contribution >= 4 is 21.5 Å². The van der Waals surface area contributed by atoms with Gasteiger partial charge in [-0.25, -0.2) is 13.2 Å². The van der Waals surface area contributed by atoms with E-state index in [4.69, 9.17) is 0 Å². The van der Waals surface area contributed by atoms with Crippen molar-refractivity contribution in [1.29, 1.82) is 0 Å². The third-order valence-electron chi connectivity index (χ3n) is 6.51. The number of hydrogen-bond donors (Lipinski definition) is 0. The van der Waals surface area contributed by atoms with E-state index in [2.05, 4.69) is 0 Å². The van der Waals surface area contributed by atoms with Crippen LogP contribution < -0.4 is 0 Å². The first-order valence-electron chi connectivity index (χ1n) is 12.0. The minimum atomic E-state index is -4.90. The Morgan fingerprint density at radius 3 is 1.97 bits per heavy atom. The van der Waals surface area contributed by atoms with Crippen LogP contribution >= 0.6 is 0 Å². The van der Waals surface area contributed by atoms with Gasteiger partial charge in [0.15, 0.2) is 0 Å². The summed E-state index contributed by atoms with van der Waals surface area (Å²) < 4.78 is 94.4. The van der Waals surface area contributed by atoms with E-state index in [1.165, 1.54) is 24.1 Å². The van der Waals surface area contributed by atoms with Crippen LogP contribution in [0.4, 0.5) is 30.7 Å². The molecule has 0 saturated heterocycles. The molecule has 0 atom stereocenters. The number of hydrogen-bond acceptors (Lipinski definition) is 0. The Hall–Kier alpha value is -4.31. The highest BCUT2D eigenvalue weighted by atomic mass is 19.4. The highest BCUT2D eigenvalue weighted by Gasteiger charge is 2.24. The van der Waals surface area contributed by atoms with Crippen LogP contribution in [0.15, 0.2) is 78.9 Å². The van der Waals surface area contributed by atoms with Crippen LogP contribution in [-0.2, 0) is 6.42 Å². The smallest absolute Gasteiger partial charge is 0.251 e. The van der Waals surface area contributed by atoms with E-state index in [0.717, 1.165) is 28.7 Å². The van der Waals surface area contributed by atoms with Crippen molar-refractivity contribution in [2.75, 3.05) is 6.67 Å². The summed E-state index contributed by atoms with van der Waals surface area (Å²) in [4.78, 5) is 0. The molecular weight excluding hydrogens is 517 g/mol. The van der Waals surface area contributed by atoms with E-state index >= 15 is 4.39 Å². The van der Waals surface area contributed by atoms with Gasteiger partial charge in [0, 0.05) is 22.3 Å². The zero-order valence-corrected chi connectivity index (χ0v) is 20.3. The average Bonchev–Trinajstić information content (AvgIpc) is 2.91. The number of rotatable bonds is 5. The molecule has 5 rings (SSSR count). The fraction of sp³-hybridized carbons (Fsp3) is 0.125. The molecule has 0 unspecified atom stereocenters. The molecule has 0 bridgehead atoms. The highest BCUT2D eigenvalue weighted by Crippen LogP contribution is 2.34. The second-order valence-electron chi connectivity index (χ2n) is 9.08. The third-order valence-corrected chi connectivity index (χ3v) is 6.51. The minimum absolute atomic E-state index is 0.0601. The molecule has 0 aliphatic rings. The van der Waals surface area contributed by atoms with Gasteiger partial charge in [-0.05, 0) is 64.1 Å². The van der Waals surface area contributed by atoms with Crippen LogP contribution in [0, 0.1) is 29.3 Å². The first-order chi connectivity index (χ1) is 18.6. The molecule has 39 heavy (non-hydrogen) atoms. The van der Waals surface area contributed by atoms with Crippen molar-refractivity contribution in [3.8, 4) is 34.1 Å². The number of fused-ring (bicyclic) bond motifs is 2. The molecule has 0 aliphatic heterocycles. The Kier molecular flexibility index (Phi) is 7.05. The van der Waals surface area contributed by atoms with Gasteiger partial charge in [0.05, 0.1) is 12.2 Å². The first-order valence-corrected chi connectivity index (χ1v) is 12.0. The van der Waals surface area contributed by atoms with Gasteiger partial charge in [-0.1, -0.05) is 66.6 Å². The van der Waals surface area contributed by atoms with Gasteiger partial charge in [0.1, 0.15) is 17.5 Å². The molecule has 0 amide bonds. The van der Waals surface area contributed by atoms with Gasteiger partial charge >= 0.3 is 6.18 Å². The zero-order valence-electron chi connectivity index (χ0n) is 20.3. The normalized spacial score (nSPS) is 11.6. The van der Waals surface area contributed by atoms with Crippen molar-refractivity contribution in [2.24, 2.45) is 0 Å². The molecule has 0 fully saturated rings. The van der Waals surface area contributed by atoms with Crippen LogP contribution in [0.1, 0.15) is 17.5 Å². The lowest BCUT2D eigenvalue weighted by Crippen LogP contribution is -2.02. The van der Waals surface area contributed by atoms with Crippen molar-refractivity contribution in [3.05, 3.63) is 107 Å². The van der Waals surface area contributed by atoms with Crippen LogP contribution in [0.25, 0.3) is 43.8 Å². The molecule has 0 saturated carbocycles. The Morgan fingerprint density at radius 2 is 1.28 bits per heavy atom. The van der Waals surface area contributed by atoms with Crippen molar-refractivity contribution in [2.45, 2.75) is 19.0 Å². The van der Waals surface area contributed by atoms with Gasteiger partial charge in [0.25, 0.3) is 0 Å². The topological polar surface area (TPSA) is 0 Å². The molecule has 5 aromatic rings. The fourth-order valence-electron chi connectivity index (χ4n) is 4.57. The Balaban J connectivity index is 1.50. The second-order valence-corrected chi connectivity index (χ2v) is 9.08. The summed E-state index contributed by atoms with van der Waals surface area (Å²) >= 11 is 0. The maximum absolute atomic E-state index is 15.6. The second kappa shape index (κ2) is 10.5. The van der Waals surface area contributed by atoms with Crippen LogP contribution in [0.5, 0.6) is 0 Å². The van der Waals surface area contributed by atoms with E-state index in [-0.39, 0.29) is 23.0 Å². The molecule has 0 spiro atoms. The maximum atomic E-state index is 15.6. The lowest BCUT2D eigenvalue weighted by Gasteiger charge is -2.11. The van der Waals surface area contributed by atoms with Crippen molar-refractivity contribution in [3.63, 3.8) is 0 Å². The summed E-state index contributed by atoms with van der Waals surface area (Å²) in [6.45, 7) is -0.367. The Morgan fingerprint density at radius 1 is 0.641 bits per heavy atom. The molecule has 7 heteroatoms. The van der Waals surface area contributed by atoms with Gasteiger partial charge < -0.3 is 0 Å². The number of benzene rings is 5. The predicted molar refractivity (Wildman–Crippen MR) is 139 cm³/mol. The summed E-state index contributed by atoms with van der Waals surface area (Å²) in [6, 6.07) is 21.3. The van der Waals surface area contributed by atoms with Crippen LogP contribution in [-0.4, -0.2) is 12.9 Å². The lowest BCUT2D eigenvalue weighted by molar-refractivity contribution is -0.0696. The first kappa shape index (κ1) is 26.3. The fourth-order valence-corrected chi connectivity index (χ4v) is 4.57. The largest absolute Gasteiger partial charge is 0.458 e. The summed E-state index contributed by atoms with van der Waals surface area (Å²) in [5.41, 5.74) is 2.43. The minimum Gasteiger partial charge on any atom is -0.251 e. The van der Waals surface area contributed by atoms with Crippen molar-refractivity contribution in [1.82, 2.24) is 0 Å². The monoisotopic (exact) mass is 536 g/mol. The quantitative estimate of drug-likeness (QED) is 0.155. The standard InChI is InChI=1S/C32H19F7/c33-15-1-2-19-3-5-20(6-4-19)21-7-10-25-22(16-21)8-11-26(30(25)35)23-9-12-27-24(17-23)18-29(34)28(31(27)36)13-14-32(37,38)39/h3-12,16-18H,1-2,15H2. The SMILES string of the molecule is FCCCc1ccc(-c2ccc3c(F)c(-c4ccc5c(F)c(C#CC(F)(F)F)c(F)cc5c4)ccc3c2)cc1. The number of alkyl halides is 4. The van der Waals surface area contributed by atoms with Gasteiger partial charge in [-0.2, -0.15) is 13.2 Å². The predicted octanol–water partition coefficient (Wildman–Crippen LogP) is 9.56. The molecular formula is C32H19F7. The van der Waals surface area contributed by atoms with Gasteiger partial charge in [-0.3, -0.25) is 4.39 Å². The summed E-state index contributed by atoms with van der Waals surface area (Å²) in [7, 11) is 0. The lowest BCUT2D eigenvalue weighted by atomic mass is 9.95. The molecule has 5 aromatic carbocycles. The van der Waals surface area contributed by atoms with E-state index in [1.807, 2.05) is 30.3 Å². The third kappa shape index (κ3) is 5.46. The zero-order chi connectivity index (χ0) is 27.7. The molecule has 0 heterocycles. The van der Waals surface area contributed by atoms with E-state index in [1.54, 1.807) is 24.3 Å². The van der Waals surface area contributed by atoms with Gasteiger partial charge in [-0.15, -0.1) is 0 Å². The molecule has 0 radical (unpaired) electrons. The highest BCUT2D eigenvalue weighted by molar-refractivity contribution is 5.94. The molecule has 0 N–H and O–H groups in total. The molecule has 196 valence electrons. The van der Waals surface area contributed by atoms with E-state index in [0.29, 0.717) is 29.2 Å². The van der Waals surface area contributed by atoms with Crippen molar-refractivity contribution < 1.29 is 30.7 Å². The molecule has 0 aliphatic carbocycles. The van der Waals surface area contributed by atoms with E-state index < -0.39 is 29.2 Å². The number of aryl methyl sites for hydroxylation is 1. The molecule has 0 aromatic heterocycles. The van der Waals surface area contributed by atoms with Crippen LogP contribution in [0.2, 0.25) is 0 Å². The summed E-state index contributed by atoms with van der Waals surface area (Å²) in [6.07, 6.45) is -3.77. The maximum Gasteiger partial charge on any atom is 0.458 e. The van der Waals surface area contributed by atoms with E-state index in [9.17, 15) is 26.3 Å². The van der Waals surface area contributed by atoms with Crippen LogP contribution in [0.3, 0.4) is 0 Å². The summed E-state index contributed by atoms with van der Waals surface area (Å²) in [5, 5.41) is 0.935. The summed E-state index contributed by atoms with van der Waals surface area (Å²) in [5.74, 6) is -0.577. The number of halogens is 7. The Labute approximate surface area is 219 Å². The average molecular weight is 536 g/mol. The Bertz CT molecular complexity index is 1750. The molecule has 0 nitrogen and oxygen atoms in total.